The van der Waals surface area contributed by atoms with Gasteiger partial charge in [-0.1, -0.05) is 11.6 Å². The lowest BCUT2D eigenvalue weighted by Crippen LogP contribution is -2.22. The molecule has 0 bridgehead atoms. The molecule has 1 fully saturated rings. The number of hydrogen-bond acceptors (Lipinski definition) is 6. The third-order valence-electron chi connectivity index (χ3n) is 6.34. The largest absolute Gasteiger partial charge is 0.493 e. The summed E-state index contributed by atoms with van der Waals surface area (Å²) >= 11 is 6.52. The van der Waals surface area contributed by atoms with Gasteiger partial charge in [-0.25, -0.2) is 14.8 Å². The van der Waals surface area contributed by atoms with E-state index in [0.29, 0.717) is 31.7 Å². The first-order chi connectivity index (χ1) is 19.6. The molecule has 0 atom stereocenters. The Kier molecular flexibility index (Phi) is 9.63. The van der Waals surface area contributed by atoms with Crippen LogP contribution in [0.5, 0.6) is 5.75 Å². The van der Waals surface area contributed by atoms with Crippen LogP contribution in [0, 0.1) is 11.7 Å². The van der Waals surface area contributed by atoms with Crippen LogP contribution in [0.1, 0.15) is 38.5 Å². The Bertz CT molecular complexity index is 1450. The van der Waals surface area contributed by atoms with E-state index in [1.54, 1.807) is 10.9 Å². The molecule has 1 aromatic carbocycles. The maximum Gasteiger partial charge on any atom is 0.389 e. The number of aromatic amines is 1. The molecule has 0 spiro atoms. The van der Waals surface area contributed by atoms with Crippen molar-refractivity contribution in [2.45, 2.75) is 51.2 Å². The van der Waals surface area contributed by atoms with E-state index in [9.17, 15) is 22.8 Å². The number of carbonyl (C=O) groups excluding carboxylic acids is 1. The van der Waals surface area contributed by atoms with Crippen molar-refractivity contribution in [1.29, 1.82) is 0 Å². The van der Waals surface area contributed by atoms with Crippen molar-refractivity contribution in [3.63, 3.8) is 0 Å². The summed E-state index contributed by atoms with van der Waals surface area (Å²) in [7, 11) is 1.44. The number of H-pyrrole nitrogens is 1. The molecule has 2 N–H and O–H groups in total. The zero-order valence-corrected chi connectivity index (χ0v) is 22.8. The average Bonchev–Trinajstić information content (AvgIpc) is 3.64. The van der Waals surface area contributed by atoms with E-state index in [1.165, 1.54) is 25.2 Å². The highest BCUT2D eigenvalue weighted by atomic mass is 35.5. The number of rotatable bonds is 14. The Morgan fingerprint density at radius 2 is 2.02 bits per heavy atom. The van der Waals surface area contributed by atoms with Crippen LogP contribution in [0.2, 0.25) is 5.02 Å². The number of ether oxygens (including phenoxy) is 1. The summed E-state index contributed by atoms with van der Waals surface area (Å²) in [6.45, 7) is 0.802. The molecule has 220 valence electrons. The lowest BCUT2D eigenvalue weighted by atomic mass is 10.0. The van der Waals surface area contributed by atoms with Gasteiger partial charge in [0.2, 0.25) is 6.41 Å². The van der Waals surface area contributed by atoms with E-state index in [-0.39, 0.29) is 52.0 Å². The predicted octanol–water partition coefficient (Wildman–Crippen LogP) is 6.07. The van der Waals surface area contributed by atoms with Gasteiger partial charge in [0.05, 0.1) is 17.3 Å². The number of aromatic nitrogens is 3. The van der Waals surface area contributed by atoms with Crippen molar-refractivity contribution in [3.8, 4) is 28.3 Å². The normalized spacial score (nSPS) is 13.5. The first-order valence-electron chi connectivity index (χ1n) is 12.9. The molecule has 1 amide bonds. The highest BCUT2D eigenvalue weighted by Gasteiger charge is 2.26. The quantitative estimate of drug-likeness (QED) is 0.0769. The monoisotopic (exact) mass is 597 g/mol. The minimum absolute atomic E-state index is 0.00114. The van der Waals surface area contributed by atoms with E-state index in [1.807, 2.05) is 5.43 Å². The van der Waals surface area contributed by atoms with Crippen molar-refractivity contribution >= 4 is 23.7 Å². The third-order valence-corrected chi connectivity index (χ3v) is 6.61. The number of carbonyl (C=O) groups is 1. The third kappa shape index (κ3) is 8.28. The van der Waals surface area contributed by atoms with Gasteiger partial charge in [0, 0.05) is 43.4 Å². The van der Waals surface area contributed by atoms with Crippen LogP contribution in [-0.4, -0.2) is 41.0 Å². The highest BCUT2D eigenvalue weighted by Crippen LogP contribution is 2.37. The molecule has 41 heavy (non-hydrogen) atoms. The molecular weight excluding hydrogens is 570 g/mol. The second-order valence-corrected chi connectivity index (χ2v) is 10.0. The number of benzene rings is 1. The molecular formula is C26H28ClF4N7O3. The number of nitrogens with zero attached hydrogens (tertiary/aromatic N) is 5. The molecule has 3 aromatic rings. The summed E-state index contributed by atoms with van der Waals surface area (Å²) in [5, 5.41) is 13.2. The van der Waals surface area contributed by atoms with E-state index in [0.717, 1.165) is 23.9 Å². The Labute approximate surface area is 237 Å². The minimum Gasteiger partial charge on any atom is -0.493 e. The molecule has 10 nitrogen and oxygen atoms in total. The maximum atomic E-state index is 15.2. The first-order valence-corrected chi connectivity index (χ1v) is 13.3. The van der Waals surface area contributed by atoms with Gasteiger partial charge < -0.3 is 9.72 Å². The van der Waals surface area contributed by atoms with Crippen LogP contribution in [0.25, 0.3) is 22.5 Å². The number of pyridine rings is 1. The maximum absolute atomic E-state index is 15.2. The van der Waals surface area contributed by atoms with Crippen LogP contribution in [0.3, 0.4) is 0 Å². The van der Waals surface area contributed by atoms with Gasteiger partial charge in [-0.05, 0) is 66.7 Å². The van der Waals surface area contributed by atoms with Gasteiger partial charge in [0.15, 0.2) is 0 Å². The fraction of sp³-hybridized carbons (Fsp3) is 0.423. The zero-order valence-electron chi connectivity index (χ0n) is 22.0. The predicted molar refractivity (Wildman–Crippen MR) is 144 cm³/mol. The smallest absolute Gasteiger partial charge is 0.389 e. The van der Waals surface area contributed by atoms with E-state index >= 15 is 4.39 Å². The standard InChI is InChI=1S/C26H28ClF4N7O3/c1-37(36-35-32-15-39)24-19(23-20(27)14-38(34-23)13-16-5-6-16)12-22(33-25(24)40)18-8-7-17(11-21(18)28)41-10-4-2-3-9-26(29,30)31/h7-8,11-12,14-16H,2-6,9-10,13H2,1H3,(H,33,40)(H,32,36,39). The van der Waals surface area contributed by atoms with Crippen LogP contribution in [0.4, 0.5) is 23.2 Å². The van der Waals surface area contributed by atoms with E-state index < -0.39 is 24.0 Å². The molecule has 1 aliphatic rings. The van der Waals surface area contributed by atoms with Gasteiger partial charge in [-0.3, -0.25) is 14.3 Å². The number of halogens is 5. The molecule has 0 unspecified atom stereocenters. The summed E-state index contributed by atoms with van der Waals surface area (Å²) in [4.78, 5) is 26.5. The summed E-state index contributed by atoms with van der Waals surface area (Å²) in [6.07, 6.45) is -0.165. The Hall–Kier alpha value is -3.94. The molecule has 0 saturated heterocycles. The van der Waals surface area contributed by atoms with Crippen molar-refractivity contribution in [2.75, 3.05) is 18.7 Å². The molecule has 15 heteroatoms. The fourth-order valence-corrected chi connectivity index (χ4v) is 4.45. The van der Waals surface area contributed by atoms with Crippen molar-refractivity contribution in [2.24, 2.45) is 16.4 Å². The number of anilines is 1. The molecule has 0 radical (unpaired) electrons. The van der Waals surface area contributed by atoms with Gasteiger partial charge >= 0.3 is 6.18 Å². The number of hydrogen-bond donors (Lipinski definition) is 2. The Morgan fingerprint density at radius 3 is 2.71 bits per heavy atom. The molecule has 0 aliphatic heterocycles. The molecule has 2 aromatic heterocycles. The van der Waals surface area contributed by atoms with Gasteiger partial charge in [-0.15, -0.1) is 0 Å². The number of amides is 1. The van der Waals surface area contributed by atoms with E-state index in [4.69, 9.17) is 16.3 Å². The molecule has 4 rings (SSSR count). The fourth-order valence-electron chi connectivity index (χ4n) is 4.20. The Balaban J connectivity index is 1.60. The van der Waals surface area contributed by atoms with Crippen molar-refractivity contribution in [1.82, 2.24) is 20.2 Å². The summed E-state index contributed by atoms with van der Waals surface area (Å²) in [6, 6.07) is 5.58. The SMILES string of the molecule is CN(/N=N\NC=O)c1c(-c2nn(CC3CC3)cc2Cl)cc(-c2ccc(OCCCCCC(F)(F)F)cc2F)[nH]c1=O. The van der Waals surface area contributed by atoms with Crippen LogP contribution in [-0.2, 0) is 11.3 Å². The van der Waals surface area contributed by atoms with Gasteiger partial charge in [0.1, 0.15) is 22.9 Å². The van der Waals surface area contributed by atoms with E-state index in [2.05, 4.69) is 20.5 Å². The average molecular weight is 598 g/mol. The minimum atomic E-state index is -4.19. The lowest BCUT2D eigenvalue weighted by molar-refractivity contribution is -0.135. The molecule has 1 saturated carbocycles. The van der Waals surface area contributed by atoms with Crippen LogP contribution >= 0.6 is 11.6 Å². The zero-order chi connectivity index (χ0) is 29.6. The number of nitrogens with one attached hydrogen (secondary N) is 2. The van der Waals surface area contributed by atoms with Crippen molar-refractivity contribution in [3.05, 3.63) is 51.7 Å². The molecule has 2 heterocycles. The highest BCUT2D eigenvalue weighted by molar-refractivity contribution is 6.33. The second kappa shape index (κ2) is 13.1. The lowest BCUT2D eigenvalue weighted by Gasteiger charge is -2.16. The van der Waals surface area contributed by atoms with Crippen molar-refractivity contribution < 1.29 is 27.1 Å². The first kappa shape index (κ1) is 30.0. The topological polar surface area (TPSA) is 117 Å². The summed E-state index contributed by atoms with van der Waals surface area (Å²) in [5.74, 6) is 0.0158. The summed E-state index contributed by atoms with van der Waals surface area (Å²) < 4.78 is 59.2. The Morgan fingerprint density at radius 1 is 1.24 bits per heavy atom. The van der Waals surface area contributed by atoms with Crippen LogP contribution < -0.4 is 20.7 Å². The number of unbranched alkanes of at least 4 members (excludes halogenated alkanes) is 2. The molecule has 1 aliphatic carbocycles. The van der Waals surface area contributed by atoms with Crippen LogP contribution in [0.15, 0.2) is 45.7 Å². The second-order valence-electron chi connectivity index (χ2n) is 9.64. The summed E-state index contributed by atoms with van der Waals surface area (Å²) in [5.41, 5.74) is 2.13. The van der Waals surface area contributed by atoms with Gasteiger partial charge in [0.25, 0.3) is 5.56 Å². The van der Waals surface area contributed by atoms with Gasteiger partial charge in [-0.2, -0.15) is 18.3 Å². The number of alkyl halides is 3.